The minimum absolute atomic E-state index is 0.562. The average molecular weight is 198 g/mol. The Morgan fingerprint density at radius 1 is 1.07 bits per heavy atom. The number of nitrogens with zero attached hydrogens (tertiary/aromatic N) is 1. The van der Waals surface area contributed by atoms with Crippen molar-refractivity contribution in [3.8, 4) is 11.1 Å². The number of hydrogen-bond donors (Lipinski definition) is 1. The van der Waals surface area contributed by atoms with Gasteiger partial charge in [-0.15, -0.1) is 0 Å². The second-order valence-electron chi connectivity index (χ2n) is 3.79. The SMILES string of the molecule is Cc1ccc(-c2ccnc(N)c2)c(C)c1. The van der Waals surface area contributed by atoms with Crippen LogP contribution in [0.5, 0.6) is 0 Å². The molecule has 0 atom stereocenters. The minimum atomic E-state index is 0.562. The monoisotopic (exact) mass is 198 g/mol. The van der Waals surface area contributed by atoms with Crippen molar-refractivity contribution in [1.82, 2.24) is 4.98 Å². The van der Waals surface area contributed by atoms with E-state index in [4.69, 9.17) is 5.73 Å². The Balaban J connectivity index is 2.54. The van der Waals surface area contributed by atoms with Gasteiger partial charge < -0.3 is 5.73 Å². The minimum Gasteiger partial charge on any atom is -0.384 e. The first-order valence-electron chi connectivity index (χ1n) is 4.96. The Kier molecular flexibility index (Phi) is 2.42. The molecule has 0 aliphatic carbocycles. The maximum atomic E-state index is 5.66. The summed E-state index contributed by atoms with van der Waals surface area (Å²) in [6.07, 6.45) is 1.74. The molecule has 2 aromatic rings. The van der Waals surface area contributed by atoms with Crippen LogP contribution in [-0.2, 0) is 0 Å². The number of benzene rings is 1. The Hall–Kier alpha value is -1.83. The molecule has 0 bridgehead atoms. The molecule has 0 aliphatic heterocycles. The summed E-state index contributed by atoms with van der Waals surface area (Å²) < 4.78 is 0. The van der Waals surface area contributed by atoms with Gasteiger partial charge >= 0.3 is 0 Å². The smallest absolute Gasteiger partial charge is 0.123 e. The molecule has 0 amide bonds. The van der Waals surface area contributed by atoms with Crippen LogP contribution in [0.2, 0.25) is 0 Å². The van der Waals surface area contributed by atoms with Crippen molar-refractivity contribution >= 4 is 5.82 Å². The number of aromatic nitrogens is 1. The van der Waals surface area contributed by atoms with Gasteiger partial charge in [-0.05, 0) is 42.7 Å². The topological polar surface area (TPSA) is 38.9 Å². The van der Waals surface area contributed by atoms with Crippen LogP contribution in [-0.4, -0.2) is 4.98 Å². The summed E-state index contributed by atoms with van der Waals surface area (Å²) in [4.78, 5) is 3.99. The lowest BCUT2D eigenvalue weighted by atomic mass is 10.00. The van der Waals surface area contributed by atoms with Gasteiger partial charge in [0.05, 0.1) is 0 Å². The molecule has 0 aliphatic rings. The van der Waals surface area contributed by atoms with Crippen LogP contribution in [0.15, 0.2) is 36.5 Å². The van der Waals surface area contributed by atoms with Gasteiger partial charge in [-0.25, -0.2) is 4.98 Å². The lowest BCUT2D eigenvalue weighted by molar-refractivity contribution is 1.32. The van der Waals surface area contributed by atoms with Crippen molar-refractivity contribution in [3.05, 3.63) is 47.7 Å². The lowest BCUT2D eigenvalue weighted by Crippen LogP contribution is -1.90. The maximum Gasteiger partial charge on any atom is 0.123 e. The predicted molar refractivity (Wildman–Crippen MR) is 63.6 cm³/mol. The van der Waals surface area contributed by atoms with E-state index in [2.05, 4.69) is 37.0 Å². The van der Waals surface area contributed by atoms with E-state index in [1.165, 1.54) is 16.7 Å². The lowest BCUT2D eigenvalue weighted by Gasteiger charge is -2.07. The van der Waals surface area contributed by atoms with Gasteiger partial charge in [-0.1, -0.05) is 23.8 Å². The summed E-state index contributed by atoms with van der Waals surface area (Å²) in [7, 11) is 0. The number of rotatable bonds is 1. The molecule has 1 aromatic carbocycles. The molecule has 0 saturated heterocycles. The van der Waals surface area contributed by atoms with Crippen molar-refractivity contribution in [2.75, 3.05) is 5.73 Å². The molecule has 2 heteroatoms. The quantitative estimate of drug-likeness (QED) is 0.765. The second kappa shape index (κ2) is 3.73. The van der Waals surface area contributed by atoms with Gasteiger partial charge in [0.15, 0.2) is 0 Å². The Morgan fingerprint density at radius 3 is 2.53 bits per heavy atom. The highest BCUT2D eigenvalue weighted by atomic mass is 14.8. The number of aryl methyl sites for hydroxylation is 2. The van der Waals surface area contributed by atoms with E-state index in [1.54, 1.807) is 6.20 Å². The Labute approximate surface area is 89.8 Å². The average Bonchev–Trinajstić information content (AvgIpc) is 2.17. The van der Waals surface area contributed by atoms with Crippen LogP contribution in [0.25, 0.3) is 11.1 Å². The maximum absolute atomic E-state index is 5.66. The van der Waals surface area contributed by atoms with Gasteiger partial charge in [0.25, 0.3) is 0 Å². The second-order valence-corrected chi connectivity index (χ2v) is 3.79. The van der Waals surface area contributed by atoms with Gasteiger partial charge in [-0.2, -0.15) is 0 Å². The summed E-state index contributed by atoms with van der Waals surface area (Å²) in [5, 5.41) is 0. The third kappa shape index (κ3) is 1.99. The van der Waals surface area contributed by atoms with Gasteiger partial charge in [0, 0.05) is 6.20 Å². The molecule has 0 fully saturated rings. The summed E-state index contributed by atoms with van der Waals surface area (Å²) in [5.74, 6) is 0.562. The molecule has 1 heterocycles. The molecule has 0 saturated carbocycles. The fourth-order valence-electron chi connectivity index (χ4n) is 1.75. The van der Waals surface area contributed by atoms with Crippen LogP contribution in [0.4, 0.5) is 5.82 Å². The summed E-state index contributed by atoms with van der Waals surface area (Å²) in [6.45, 7) is 4.21. The van der Waals surface area contributed by atoms with E-state index in [9.17, 15) is 0 Å². The molecule has 0 spiro atoms. The normalized spacial score (nSPS) is 10.3. The fraction of sp³-hybridized carbons (Fsp3) is 0.154. The first kappa shape index (κ1) is 9.71. The van der Waals surface area contributed by atoms with Crippen LogP contribution >= 0.6 is 0 Å². The van der Waals surface area contributed by atoms with Gasteiger partial charge in [-0.3, -0.25) is 0 Å². The van der Waals surface area contributed by atoms with Crippen LogP contribution in [0.1, 0.15) is 11.1 Å². The van der Waals surface area contributed by atoms with E-state index >= 15 is 0 Å². The zero-order chi connectivity index (χ0) is 10.8. The molecule has 15 heavy (non-hydrogen) atoms. The predicted octanol–water partition coefficient (Wildman–Crippen LogP) is 2.95. The number of hydrogen-bond acceptors (Lipinski definition) is 2. The summed E-state index contributed by atoms with van der Waals surface area (Å²) in [5.41, 5.74) is 10.5. The van der Waals surface area contributed by atoms with Crippen molar-refractivity contribution in [1.29, 1.82) is 0 Å². The number of nitrogens with two attached hydrogens (primary N) is 1. The number of pyridine rings is 1. The fourth-order valence-corrected chi connectivity index (χ4v) is 1.75. The highest BCUT2D eigenvalue weighted by Gasteiger charge is 2.02. The molecule has 2 N–H and O–H groups in total. The van der Waals surface area contributed by atoms with E-state index in [1.807, 2.05) is 12.1 Å². The van der Waals surface area contributed by atoms with Crippen LogP contribution < -0.4 is 5.73 Å². The molecule has 2 rings (SSSR count). The zero-order valence-corrected chi connectivity index (χ0v) is 8.99. The van der Waals surface area contributed by atoms with E-state index in [-0.39, 0.29) is 0 Å². The number of nitrogen functional groups attached to an aromatic ring is 1. The van der Waals surface area contributed by atoms with E-state index < -0.39 is 0 Å². The standard InChI is InChI=1S/C13H14N2/c1-9-3-4-12(10(2)7-9)11-5-6-15-13(14)8-11/h3-8H,1-2H3,(H2,14,15). The third-order valence-electron chi connectivity index (χ3n) is 2.47. The molecular formula is C13H14N2. The van der Waals surface area contributed by atoms with Crippen molar-refractivity contribution in [2.24, 2.45) is 0 Å². The molecular weight excluding hydrogens is 184 g/mol. The number of anilines is 1. The van der Waals surface area contributed by atoms with Crippen LogP contribution in [0, 0.1) is 13.8 Å². The summed E-state index contributed by atoms with van der Waals surface area (Å²) in [6, 6.07) is 10.3. The molecule has 76 valence electrons. The van der Waals surface area contributed by atoms with E-state index in [0.29, 0.717) is 5.82 Å². The summed E-state index contributed by atoms with van der Waals surface area (Å²) >= 11 is 0. The van der Waals surface area contributed by atoms with Gasteiger partial charge in [0.1, 0.15) is 5.82 Å². The zero-order valence-electron chi connectivity index (χ0n) is 8.99. The van der Waals surface area contributed by atoms with Gasteiger partial charge in [0.2, 0.25) is 0 Å². The largest absolute Gasteiger partial charge is 0.384 e. The molecule has 1 aromatic heterocycles. The van der Waals surface area contributed by atoms with E-state index in [0.717, 1.165) is 5.56 Å². The highest BCUT2D eigenvalue weighted by molar-refractivity contribution is 5.69. The third-order valence-corrected chi connectivity index (χ3v) is 2.47. The van der Waals surface area contributed by atoms with Crippen molar-refractivity contribution in [3.63, 3.8) is 0 Å². The van der Waals surface area contributed by atoms with Crippen molar-refractivity contribution < 1.29 is 0 Å². The molecule has 2 nitrogen and oxygen atoms in total. The Morgan fingerprint density at radius 2 is 1.87 bits per heavy atom. The molecule has 0 radical (unpaired) electrons. The molecule has 0 unspecified atom stereocenters. The highest BCUT2D eigenvalue weighted by Crippen LogP contribution is 2.24. The van der Waals surface area contributed by atoms with Crippen LogP contribution in [0.3, 0.4) is 0 Å². The Bertz CT molecular complexity index is 490. The first-order valence-corrected chi connectivity index (χ1v) is 4.96. The first-order chi connectivity index (χ1) is 7.16. The van der Waals surface area contributed by atoms with Crippen molar-refractivity contribution in [2.45, 2.75) is 13.8 Å².